The summed E-state index contributed by atoms with van der Waals surface area (Å²) in [7, 11) is 0. The third-order valence-corrected chi connectivity index (χ3v) is 13.7. The maximum atomic E-state index is 4.74. The molecule has 1 atom stereocenters. The number of hydrogen-bond acceptors (Lipinski definition) is 5. The first-order valence-electron chi connectivity index (χ1n) is 17.8. The van der Waals surface area contributed by atoms with Crippen LogP contribution in [0.25, 0.3) is 31.2 Å². The van der Waals surface area contributed by atoms with Gasteiger partial charge in [-0.05, 0) is 54.0 Å². The van der Waals surface area contributed by atoms with Crippen molar-refractivity contribution in [1.82, 2.24) is 8.75 Å². The molecule has 1 aromatic carbocycles. The second-order valence-corrected chi connectivity index (χ2v) is 17.0. The van der Waals surface area contributed by atoms with E-state index in [1.165, 1.54) is 142 Å². The van der Waals surface area contributed by atoms with Crippen LogP contribution >= 0.6 is 34.4 Å². The second kappa shape index (κ2) is 15.4. The fraction of sp³-hybridized carbons (Fsp3) is 0.641. The predicted octanol–water partition coefficient (Wildman–Crippen LogP) is 14.0. The SMILES string of the molecule is CCCCCCCCCCCCCCCCC1(C)c2cc(-c3ccc(C)c4nsnc34)sc2-c2sc(C(C)(C)CCC)cc21. The van der Waals surface area contributed by atoms with Crippen LogP contribution in [0.1, 0.15) is 165 Å². The Morgan fingerprint density at radius 1 is 0.682 bits per heavy atom. The Labute approximate surface area is 280 Å². The lowest BCUT2D eigenvalue weighted by Crippen LogP contribution is -2.21. The number of thiophene rings is 2. The highest BCUT2D eigenvalue weighted by Gasteiger charge is 2.43. The first-order chi connectivity index (χ1) is 21.3. The maximum Gasteiger partial charge on any atom is 0.113 e. The van der Waals surface area contributed by atoms with Gasteiger partial charge in [0, 0.05) is 30.5 Å². The second-order valence-electron chi connectivity index (χ2n) is 14.4. The van der Waals surface area contributed by atoms with E-state index >= 15 is 0 Å². The van der Waals surface area contributed by atoms with E-state index in [1.54, 1.807) is 20.9 Å². The van der Waals surface area contributed by atoms with Gasteiger partial charge in [0.1, 0.15) is 11.0 Å². The smallest absolute Gasteiger partial charge is 0.113 e. The highest BCUT2D eigenvalue weighted by atomic mass is 32.1. The van der Waals surface area contributed by atoms with Crippen LogP contribution in [0.3, 0.4) is 0 Å². The summed E-state index contributed by atoms with van der Waals surface area (Å²) >= 11 is 5.41. The highest BCUT2D eigenvalue weighted by molar-refractivity contribution is 7.24. The van der Waals surface area contributed by atoms with Crippen molar-refractivity contribution in [2.24, 2.45) is 0 Å². The first-order valence-corrected chi connectivity index (χ1v) is 20.2. The Morgan fingerprint density at radius 2 is 1.25 bits per heavy atom. The molecule has 4 aromatic rings. The third-order valence-electron chi connectivity index (χ3n) is 10.3. The normalized spacial score (nSPS) is 16.2. The highest BCUT2D eigenvalue weighted by Crippen LogP contribution is 2.60. The van der Waals surface area contributed by atoms with Gasteiger partial charge in [0.25, 0.3) is 0 Å². The summed E-state index contributed by atoms with van der Waals surface area (Å²) in [5.74, 6) is 0. The molecule has 0 spiro atoms. The van der Waals surface area contributed by atoms with Gasteiger partial charge in [0.15, 0.2) is 0 Å². The first kappa shape index (κ1) is 33.8. The van der Waals surface area contributed by atoms with Gasteiger partial charge in [-0.15, -0.1) is 22.7 Å². The molecule has 0 N–H and O–H groups in total. The number of unbranched alkanes of at least 4 members (excludes halogenated alkanes) is 13. The molecule has 0 fully saturated rings. The molecule has 0 saturated carbocycles. The molecule has 0 amide bonds. The molecular formula is C39H56N2S3. The molecule has 2 nitrogen and oxygen atoms in total. The Hall–Kier alpha value is -1.56. The van der Waals surface area contributed by atoms with Gasteiger partial charge in [-0.3, -0.25) is 0 Å². The number of nitrogens with zero attached hydrogens (tertiary/aromatic N) is 2. The molecule has 0 aliphatic heterocycles. The summed E-state index contributed by atoms with van der Waals surface area (Å²) in [6.07, 6.45) is 23.5. The Bertz CT molecular complexity index is 1490. The lowest BCUT2D eigenvalue weighted by Gasteiger charge is -2.27. The largest absolute Gasteiger partial charge is 0.173 e. The lowest BCUT2D eigenvalue weighted by molar-refractivity contribution is 0.470. The minimum atomic E-state index is 0.0950. The van der Waals surface area contributed by atoms with Crippen LogP contribution in [-0.4, -0.2) is 8.75 Å². The van der Waals surface area contributed by atoms with Gasteiger partial charge in [0.2, 0.25) is 0 Å². The average Bonchev–Trinajstić information content (AvgIpc) is 3.78. The third kappa shape index (κ3) is 7.36. The van der Waals surface area contributed by atoms with E-state index in [9.17, 15) is 0 Å². The summed E-state index contributed by atoms with van der Waals surface area (Å²) in [5, 5.41) is 0. The van der Waals surface area contributed by atoms with Crippen molar-refractivity contribution < 1.29 is 0 Å². The zero-order valence-electron chi connectivity index (χ0n) is 28.4. The van der Waals surface area contributed by atoms with Crippen molar-refractivity contribution in [2.75, 3.05) is 0 Å². The summed E-state index contributed by atoms with van der Waals surface area (Å²) in [6.45, 7) is 14.2. The summed E-state index contributed by atoms with van der Waals surface area (Å²) in [4.78, 5) is 5.98. The van der Waals surface area contributed by atoms with Crippen molar-refractivity contribution >= 4 is 45.4 Å². The number of aryl methyl sites for hydroxylation is 1. The zero-order chi connectivity index (χ0) is 31.2. The van der Waals surface area contributed by atoms with Crippen LogP contribution in [0, 0.1) is 6.92 Å². The monoisotopic (exact) mass is 648 g/mol. The number of fused-ring (bicyclic) bond motifs is 4. The van der Waals surface area contributed by atoms with Crippen LogP contribution in [-0.2, 0) is 10.8 Å². The fourth-order valence-electron chi connectivity index (χ4n) is 7.43. The molecule has 0 saturated heterocycles. The van der Waals surface area contributed by atoms with Gasteiger partial charge in [-0.25, -0.2) is 0 Å². The summed E-state index contributed by atoms with van der Waals surface area (Å²) in [6, 6.07) is 9.63. The molecular weight excluding hydrogens is 593 g/mol. The van der Waals surface area contributed by atoms with Crippen LogP contribution in [0.15, 0.2) is 24.3 Å². The zero-order valence-corrected chi connectivity index (χ0v) is 30.9. The molecule has 0 bridgehead atoms. The quantitative estimate of drug-likeness (QED) is 0.0946. The molecule has 3 aromatic heterocycles. The van der Waals surface area contributed by atoms with Crippen molar-refractivity contribution in [2.45, 2.75) is 162 Å². The minimum absolute atomic E-state index is 0.0950. The molecule has 1 unspecified atom stereocenters. The summed E-state index contributed by atoms with van der Waals surface area (Å²) < 4.78 is 9.35. The van der Waals surface area contributed by atoms with E-state index in [0.29, 0.717) is 0 Å². The molecule has 240 valence electrons. The summed E-state index contributed by atoms with van der Waals surface area (Å²) in [5.41, 5.74) is 8.09. The molecule has 1 aliphatic carbocycles. The predicted molar refractivity (Wildman–Crippen MR) is 198 cm³/mol. The lowest BCUT2D eigenvalue weighted by atomic mass is 9.76. The van der Waals surface area contributed by atoms with Crippen LogP contribution in [0.2, 0.25) is 0 Å². The van der Waals surface area contributed by atoms with Gasteiger partial charge < -0.3 is 0 Å². The van der Waals surface area contributed by atoms with E-state index in [2.05, 4.69) is 81.5 Å². The van der Waals surface area contributed by atoms with E-state index < -0.39 is 0 Å². The number of hydrogen-bond donors (Lipinski definition) is 0. The van der Waals surface area contributed by atoms with Crippen LogP contribution in [0.4, 0.5) is 0 Å². The van der Waals surface area contributed by atoms with Crippen molar-refractivity contribution in [3.05, 3.63) is 45.8 Å². The minimum Gasteiger partial charge on any atom is -0.173 e. The van der Waals surface area contributed by atoms with E-state index in [4.69, 9.17) is 4.37 Å². The molecule has 44 heavy (non-hydrogen) atoms. The van der Waals surface area contributed by atoms with Gasteiger partial charge in [0.05, 0.1) is 11.7 Å². The fourth-order valence-corrected chi connectivity index (χ4v) is 10.9. The number of rotatable bonds is 19. The Kier molecular flexibility index (Phi) is 11.8. The average molecular weight is 649 g/mol. The molecule has 5 rings (SSSR count). The van der Waals surface area contributed by atoms with Crippen molar-refractivity contribution in [3.8, 4) is 20.2 Å². The number of aromatic nitrogens is 2. The molecule has 1 aliphatic rings. The van der Waals surface area contributed by atoms with Gasteiger partial charge >= 0.3 is 0 Å². The van der Waals surface area contributed by atoms with E-state index in [-0.39, 0.29) is 10.8 Å². The van der Waals surface area contributed by atoms with Gasteiger partial charge in [-0.2, -0.15) is 8.75 Å². The standard InChI is InChI=1S/C39H56N2S3/c1-7-9-10-11-12-13-14-15-16-17-18-19-20-21-25-39(6)30-26-32(29-23-22-28(3)34-35(29)41-44-40-34)42-36(30)37-31(39)27-33(43-37)38(4,5)24-8-2/h22-23,26-27H,7-21,24-25H2,1-6H3. The van der Waals surface area contributed by atoms with E-state index in [0.717, 1.165) is 11.0 Å². The topological polar surface area (TPSA) is 25.8 Å². The molecule has 0 radical (unpaired) electrons. The number of benzene rings is 1. The van der Waals surface area contributed by atoms with Crippen LogP contribution < -0.4 is 0 Å². The van der Waals surface area contributed by atoms with E-state index in [1.807, 2.05) is 11.3 Å². The van der Waals surface area contributed by atoms with Crippen molar-refractivity contribution in [1.29, 1.82) is 0 Å². The molecule has 5 heteroatoms. The molecule has 3 heterocycles. The Balaban J connectivity index is 1.24. The van der Waals surface area contributed by atoms with Crippen LogP contribution in [0.5, 0.6) is 0 Å². The van der Waals surface area contributed by atoms with Gasteiger partial charge in [-0.1, -0.05) is 143 Å². The maximum absolute atomic E-state index is 4.74. The van der Waals surface area contributed by atoms with Crippen molar-refractivity contribution in [3.63, 3.8) is 0 Å². The Morgan fingerprint density at radius 3 is 1.89 bits per heavy atom.